The van der Waals surface area contributed by atoms with E-state index < -0.39 is 0 Å². The van der Waals surface area contributed by atoms with Crippen LogP contribution in [0.2, 0.25) is 0 Å². The Kier molecular flexibility index (Phi) is 7.55. The topological polar surface area (TPSA) is 23.5 Å². The van der Waals surface area contributed by atoms with Crippen LogP contribution in [0.25, 0.3) is 0 Å². The van der Waals surface area contributed by atoms with Gasteiger partial charge in [-0.25, -0.2) is 0 Å². The van der Waals surface area contributed by atoms with Gasteiger partial charge in [0.1, 0.15) is 5.75 Å². The second kappa shape index (κ2) is 10.1. The Morgan fingerprint density at radius 2 is 1.90 bits per heavy atom. The number of benzene rings is 2. The van der Waals surface area contributed by atoms with Gasteiger partial charge in [-0.3, -0.25) is 0 Å². The second-order valence-electron chi connectivity index (χ2n) is 8.60. The zero-order valence-electron chi connectivity index (χ0n) is 18.3. The van der Waals surface area contributed by atoms with Gasteiger partial charge in [-0.15, -0.1) is 0 Å². The van der Waals surface area contributed by atoms with Crippen LogP contribution < -0.4 is 0 Å². The fourth-order valence-corrected chi connectivity index (χ4v) is 5.32. The highest BCUT2D eigenvalue weighted by Gasteiger charge is 2.45. The predicted octanol–water partition coefficient (Wildman–Crippen LogP) is 6.35. The molecule has 2 aromatic rings. The average Bonchev–Trinajstić information content (AvgIpc) is 2.76. The average molecular weight is 392 g/mol. The summed E-state index contributed by atoms with van der Waals surface area (Å²) in [6, 6.07) is 19.4. The third-order valence-electron chi connectivity index (χ3n) is 6.97. The summed E-state index contributed by atoms with van der Waals surface area (Å²) in [5, 5.41) is 10.2. The van der Waals surface area contributed by atoms with Crippen LogP contribution in [-0.4, -0.2) is 29.6 Å². The van der Waals surface area contributed by atoms with Crippen molar-refractivity contribution >= 4 is 0 Å². The highest BCUT2D eigenvalue weighted by atomic mass is 16.3. The van der Waals surface area contributed by atoms with Gasteiger partial charge in [-0.2, -0.15) is 0 Å². The number of nitrogens with zero attached hydrogens (tertiary/aromatic N) is 1. The summed E-state index contributed by atoms with van der Waals surface area (Å²) in [6.45, 7) is 5.61. The summed E-state index contributed by atoms with van der Waals surface area (Å²) in [5.41, 5.74) is 2.80. The SMILES string of the molecule is CC/C=C\[C@H]1[C@H](N(C)CCc2ccccc2)CCC[C@@]1(CC)c1cccc(O)c1. The minimum absolute atomic E-state index is 0.0916. The molecule has 3 atom stereocenters. The minimum Gasteiger partial charge on any atom is -0.508 e. The zero-order valence-corrected chi connectivity index (χ0v) is 18.3. The highest BCUT2D eigenvalue weighted by molar-refractivity contribution is 5.36. The minimum atomic E-state index is 0.0916. The first kappa shape index (κ1) is 21.6. The number of phenols is 1. The van der Waals surface area contributed by atoms with Gasteiger partial charge in [0.25, 0.3) is 0 Å². The van der Waals surface area contributed by atoms with Crippen LogP contribution in [0.15, 0.2) is 66.7 Å². The van der Waals surface area contributed by atoms with Crippen molar-refractivity contribution in [3.8, 4) is 5.75 Å². The van der Waals surface area contributed by atoms with E-state index in [1.165, 1.54) is 30.4 Å². The van der Waals surface area contributed by atoms with Crippen LogP contribution in [0.5, 0.6) is 5.75 Å². The second-order valence-corrected chi connectivity index (χ2v) is 8.60. The van der Waals surface area contributed by atoms with Crippen LogP contribution in [0.1, 0.15) is 57.1 Å². The molecule has 0 radical (unpaired) electrons. The van der Waals surface area contributed by atoms with E-state index in [4.69, 9.17) is 0 Å². The standard InChI is InChI=1S/C27H37NO/c1-4-6-16-25-26(28(3)20-18-22-12-8-7-9-13-22)17-11-19-27(25,5-2)23-14-10-15-24(29)21-23/h6-10,12-16,21,25-26,29H,4-5,11,17-20H2,1-3H3/b16-6-/t25-,26+,27-/m0/s1. The van der Waals surface area contributed by atoms with Gasteiger partial charge in [0.05, 0.1) is 0 Å². The van der Waals surface area contributed by atoms with Crippen LogP contribution in [-0.2, 0) is 11.8 Å². The van der Waals surface area contributed by atoms with Crippen LogP contribution in [0.4, 0.5) is 0 Å². The maximum Gasteiger partial charge on any atom is 0.115 e. The number of aromatic hydroxyl groups is 1. The number of likely N-dealkylation sites (N-methyl/N-ethyl adjacent to an activating group) is 1. The van der Waals surface area contributed by atoms with Crippen molar-refractivity contribution < 1.29 is 5.11 Å². The summed E-state index contributed by atoms with van der Waals surface area (Å²) in [4.78, 5) is 2.59. The number of hydrogen-bond acceptors (Lipinski definition) is 2. The van der Waals surface area contributed by atoms with Crippen molar-refractivity contribution in [3.63, 3.8) is 0 Å². The van der Waals surface area contributed by atoms with Gasteiger partial charge in [-0.05, 0) is 62.4 Å². The van der Waals surface area contributed by atoms with E-state index in [1.807, 2.05) is 12.1 Å². The molecule has 2 heteroatoms. The Hall–Kier alpha value is -2.06. The Balaban J connectivity index is 1.88. The van der Waals surface area contributed by atoms with Gasteiger partial charge in [0, 0.05) is 23.9 Å². The molecule has 1 saturated carbocycles. The van der Waals surface area contributed by atoms with Crippen molar-refractivity contribution in [2.24, 2.45) is 5.92 Å². The molecule has 2 aromatic carbocycles. The van der Waals surface area contributed by atoms with Crippen molar-refractivity contribution in [3.05, 3.63) is 77.9 Å². The van der Waals surface area contributed by atoms with Crippen molar-refractivity contribution in [2.75, 3.05) is 13.6 Å². The molecule has 0 heterocycles. The quantitative estimate of drug-likeness (QED) is 0.530. The number of rotatable bonds is 8. The van der Waals surface area contributed by atoms with Gasteiger partial charge in [-0.1, -0.05) is 74.9 Å². The third kappa shape index (κ3) is 4.93. The maximum absolute atomic E-state index is 10.2. The smallest absolute Gasteiger partial charge is 0.115 e. The van der Waals surface area contributed by atoms with E-state index in [0.29, 0.717) is 17.7 Å². The van der Waals surface area contributed by atoms with E-state index in [-0.39, 0.29) is 5.41 Å². The molecule has 0 spiro atoms. The molecular formula is C27H37NO. The molecule has 0 bridgehead atoms. The van der Waals surface area contributed by atoms with Crippen LogP contribution in [0, 0.1) is 5.92 Å². The molecule has 0 aliphatic heterocycles. The first-order chi connectivity index (χ1) is 14.1. The lowest BCUT2D eigenvalue weighted by atomic mass is 9.59. The van der Waals surface area contributed by atoms with Crippen LogP contribution >= 0.6 is 0 Å². The highest BCUT2D eigenvalue weighted by Crippen LogP contribution is 2.49. The van der Waals surface area contributed by atoms with E-state index in [1.54, 1.807) is 6.07 Å². The normalized spacial score (nSPS) is 25.0. The Morgan fingerprint density at radius 3 is 2.59 bits per heavy atom. The molecule has 0 amide bonds. The summed E-state index contributed by atoms with van der Waals surface area (Å²) in [6.07, 6.45) is 11.7. The molecule has 1 aliphatic carbocycles. The van der Waals surface area contributed by atoms with E-state index >= 15 is 0 Å². The zero-order chi connectivity index (χ0) is 20.7. The first-order valence-electron chi connectivity index (χ1n) is 11.3. The molecule has 156 valence electrons. The lowest BCUT2D eigenvalue weighted by Crippen LogP contribution is -2.51. The third-order valence-corrected chi connectivity index (χ3v) is 6.97. The van der Waals surface area contributed by atoms with Gasteiger partial charge < -0.3 is 10.0 Å². The number of hydrogen-bond donors (Lipinski definition) is 1. The lowest BCUT2D eigenvalue weighted by molar-refractivity contribution is 0.0858. The van der Waals surface area contributed by atoms with Gasteiger partial charge >= 0.3 is 0 Å². The molecule has 3 rings (SSSR count). The van der Waals surface area contributed by atoms with Gasteiger partial charge in [0.2, 0.25) is 0 Å². The fourth-order valence-electron chi connectivity index (χ4n) is 5.32. The van der Waals surface area contributed by atoms with Crippen molar-refractivity contribution in [1.82, 2.24) is 4.90 Å². The van der Waals surface area contributed by atoms with Gasteiger partial charge in [0.15, 0.2) is 0 Å². The van der Waals surface area contributed by atoms with Crippen molar-refractivity contribution in [2.45, 2.75) is 63.8 Å². The number of allylic oxidation sites excluding steroid dienone is 1. The molecule has 2 nitrogen and oxygen atoms in total. The van der Waals surface area contributed by atoms with E-state index in [0.717, 1.165) is 25.8 Å². The number of phenolic OH excluding ortho intramolecular Hbond substituents is 1. The summed E-state index contributed by atoms with van der Waals surface area (Å²) in [7, 11) is 2.30. The fraction of sp³-hybridized carbons (Fsp3) is 0.481. The van der Waals surface area contributed by atoms with E-state index in [2.05, 4.69) is 74.3 Å². The Bertz CT molecular complexity index is 784. The lowest BCUT2D eigenvalue weighted by Gasteiger charge is -2.50. The largest absolute Gasteiger partial charge is 0.508 e. The molecule has 29 heavy (non-hydrogen) atoms. The first-order valence-corrected chi connectivity index (χ1v) is 11.3. The Labute approximate surface area is 177 Å². The molecule has 0 aromatic heterocycles. The van der Waals surface area contributed by atoms with Crippen molar-refractivity contribution in [1.29, 1.82) is 0 Å². The molecule has 1 aliphatic rings. The molecule has 1 fully saturated rings. The molecular weight excluding hydrogens is 354 g/mol. The maximum atomic E-state index is 10.2. The summed E-state index contributed by atoms with van der Waals surface area (Å²) in [5.74, 6) is 0.844. The van der Waals surface area contributed by atoms with Crippen LogP contribution in [0.3, 0.4) is 0 Å². The van der Waals surface area contributed by atoms with E-state index in [9.17, 15) is 5.11 Å². The monoisotopic (exact) mass is 391 g/mol. The Morgan fingerprint density at radius 1 is 1.10 bits per heavy atom. The molecule has 1 N–H and O–H groups in total. The molecule has 0 unspecified atom stereocenters. The summed E-state index contributed by atoms with van der Waals surface area (Å²) >= 11 is 0. The predicted molar refractivity (Wildman–Crippen MR) is 123 cm³/mol. The summed E-state index contributed by atoms with van der Waals surface area (Å²) < 4.78 is 0. The molecule has 0 saturated heterocycles.